The lowest BCUT2D eigenvalue weighted by atomic mass is 9.93. The van der Waals surface area contributed by atoms with Crippen molar-refractivity contribution in [3.8, 4) is 0 Å². The predicted octanol–water partition coefficient (Wildman–Crippen LogP) is 4.27. The van der Waals surface area contributed by atoms with Crippen LogP contribution in [0.25, 0.3) is 0 Å². The zero-order valence-corrected chi connectivity index (χ0v) is 10.9. The fraction of sp³-hybridized carbons (Fsp3) is 0.600. The van der Waals surface area contributed by atoms with Gasteiger partial charge in [0.25, 0.3) is 0 Å². The van der Waals surface area contributed by atoms with Crippen molar-refractivity contribution in [3.63, 3.8) is 0 Å². The molecule has 0 spiro atoms. The van der Waals surface area contributed by atoms with Gasteiger partial charge in [0.2, 0.25) is 0 Å². The maximum absolute atomic E-state index is 6.28. The van der Waals surface area contributed by atoms with Crippen LogP contribution in [-0.2, 0) is 0 Å². The molecule has 1 nitrogen and oxygen atoms in total. The standard InChI is InChI=1S/C15H25N/c1-4-5-6-7-11-14(16)15-12(2)9-8-10-13(15)3/h8-10,14H,4-7,11,16H2,1-3H3. The van der Waals surface area contributed by atoms with E-state index in [0.717, 1.165) is 6.42 Å². The fourth-order valence-corrected chi connectivity index (χ4v) is 2.35. The van der Waals surface area contributed by atoms with Gasteiger partial charge in [-0.25, -0.2) is 0 Å². The van der Waals surface area contributed by atoms with Crippen molar-refractivity contribution in [2.24, 2.45) is 5.73 Å². The van der Waals surface area contributed by atoms with Crippen molar-refractivity contribution in [3.05, 3.63) is 34.9 Å². The summed E-state index contributed by atoms with van der Waals surface area (Å²) < 4.78 is 0. The fourth-order valence-electron chi connectivity index (χ4n) is 2.35. The minimum absolute atomic E-state index is 0.220. The minimum atomic E-state index is 0.220. The summed E-state index contributed by atoms with van der Waals surface area (Å²) in [4.78, 5) is 0. The topological polar surface area (TPSA) is 26.0 Å². The lowest BCUT2D eigenvalue weighted by molar-refractivity contribution is 0.563. The van der Waals surface area contributed by atoms with Crippen molar-refractivity contribution in [1.82, 2.24) is 0 Å². The van der Waals surface area contributed by atoms with E-state index in [-0.39, 0.29) is 6.04 Å². The van der Waals surface area contributed by atoms with E-state index in [2.05, 4.69) is 39.0 Å². The Morgan fingerprint density at radius 3 is 2.25 bits per heavy atom. The van der Waals surface area contributed by atoms with Gasteiger partial charge >= 0.3 is 0 Å². The predicted molar refractivity (Wildman–Crippen MR) is 71.6 cm³/mol. The summed E-state index contributed by atoms with van der Waals surface area (Å²) in [7, 11) is 0. The van der Waals surface area contributed by atoms with Crippen LogP contribution in [0.3, 0.4) is 0 Å². The molecule has 0 aliphatic heterocycles. The van der Waals surface area contributed by atoms with E-state index in [9.17, 15) is 0 Å². The van der Waals surface area contributed by atoms with Gasteiger partial charge < -0.3 is 5.73 Å². The lowest BCUT2D eigenvalue weighted by Gasteiger charge is -2.17. The molecule has 0 amide bonds. The van der Waals surface area contributed by atoms with Gasteiger partial charge in [0, 0.05) is 6.04 Å². The SMILES string of the molecule is CCCCCCC(N)c1c(C)cccc1C. The summed E-state index contributed by atoms with van der Waals surface area (Å²) in [5.41, 5.74) is 10.3. The van der Waals surface area contributed by atoms with Gasteiger partial charge in [-0.15, -0.1) is 0 Å². The Bertz CT molecular complexity index is 297. The lowest BCUT2D eigenvalue weighted by Crippen LogP contribution is -2.13. The van der Waals surface area contributed by atoms with Gasteiger partial charge in [0.05, 0.1) is 0 Å². The average molecular weight is 219 g/mol. The molecular formula is C15H25N. The molecule has 0 fully saturated rings. The molecule has 1 unspecified atom stereocenters. The molecule has 0 saturated carbocycles. The van der Waals surface area contributed by atoms with Crippen LogP contribution in [0, 0.1) is 13.8 Å². The number of nitrogens with two attached hydrogens (primary N) is 1. The molecule has 0 aliphatic carbocycles. The van der Waals surface area contributed by atoms with Crippen molar-refractivity contribution >= 4 is 0 Å². The van der Waals surface area contributed by atoms with E-state index >= 15 is 0 Å². The third-order valence-corrected chi connectivity index (χ3v) is 3.28. The second kappa shape index (κ2) is 6.70. The molecule has 1 atom stereocenters. The molecular weight excluding hydrogens is 194 g/mol. The van der Waals surface area contributed by atoms with Gasteiger partial charge in [0.1, 0.15) is 0 Å². The Morgan fingerprint density at radius 1 is 1.06 bits per heavy atom. The van der Waals surface area contributed by atoms with Crippen LogP contribution in [0.1, 0.15) is 61.8 Å². The number of benzene rings is 1. The molecule has 1 aromatic rings. The second-order valence-electron chi connectivity index (χ2n) is 4.76. The molecule has 0 bridgehead atoms. The highest BCUT2D eigenvalue weighted by Crippen LogP contribution is 2.24. The van der Waals surface area contributed by atoms with Crippen LogP contribution in [0.15, 0.2) is 18.2 Å². The molecule has 0 radical (unpaired) electrons. The molecule has 16 heavy (non-hydrogen) atoms. The molecule has 0 heterocycles. The number of hydrogen-bond donors (Lipinski definition) is 1. The van der Waals surface area contributed by atoms with Gasteiger partial charge in [-0.2, -0.15) is 0 Å². The van der Waals surface area contributed by atoms with E-state index in [1.54, 1.807) is 0 Å². The van der Waals surface area contributed by atoms with Crippen LogP contribution in [0.2, 0.25) is 0 Å². The van der Waals surface area contributed by atoms with Gasteiger partial charge in [-0.1, -0.05) is 50.8 Å². The molecule has 1 heteroatoms. The summed E-state index contributed by atoms with van der Waals surface area (Å²) in [5, 5.41) is 0. The first-order chi connectivity index (χ1) is 7.66. The monoisotopic (exact) mass is 219 g/mol. The summed E-state index contributed by atoms with van der Waals surface area (Å²) in [5.74, 6) is 0. The minimum Gasteiger partial charge on any atom is -0.324 e. The normalized spacial score (nSPS) is 12.8. The van der Waals surface area contributed by atoms with Crippen LogP contribution in [0.4, 0.5) is 0 Å². The summed E-state index contributed by atoms with van der Waals surface area (Å²) in [6.07, 6.45) is 6.31. The van der Waals surface area contributed by atoms with Crippen LogP contribution >= 0.6 is 0 Å². The quantitative estimate of drug-likeness (QED) is 0.710. The molecule has 0 aliphatic rings. The number of unbranched alkanes of at least 4 members (excludes halogenated alkanes) is 3. The van der Waals surface area contributed by atoms with Crippen LogP contribution in [-0.4, -0.2) is 0 Å². The Morgan fingerprint density at radius 2 is 1.69 bits per heavy atom. The van der Waals surface area contributed by atoms with Crippen molar-refractivity contribution in [2.45, 2.75) is 58.9 Å². The summed E-state index contributed by atoms with van der Waals surface area (Å²) >= 11 is 0. The highest BCUT2D eigenvalue weighted by atomic mass is 14.6. The largest absolute Gasteiger partial charge is 0.324 e. The highest BCUT2D eigenvalue weighted by molar-refractivity contribution is 5.35. The second-order valence-corrected chi connectivity index (χ2v) is 4.76. The van der Waals surface area contributed by atoms with E-state index in [1.165, 1.54) is 42.4 Å². The Balaban J connectivity index is 2.55. The Kier molecular flexibility index (Phi) is 5.54. The summed E-state index contributed by atoms with van der Waals surface area (Å²) in [6.45, 7) is 6.56. The van der Waals surface area contributed by atoms with Gasteiger partial charge in [0.15, 0.2) is 0 Å². The van der Waals surface area contributed by atoms with Crippen LogP contribution < -0.4 is 5.73 Å². The molecule has 1 rings (SSSR count). The van der Waals surface area contributed by atoms with Gasteiger partial charge in [-0.3, -0.25) is 0 Å². The first kappa shape index (κ1) is 13.2. The van der Waals surface area contributed by atoms with Crippen molar-refractivity contribution in [1.29, 1.82) is 0 Å². The number of aryl methyl sites for hydroxylation is 2. The highest BCUT2D eigenvalue weighted by Gasteiger charge is 2.10. The maximum atomic E-state index is 6.28. The number of hydrogen-bond acceptors (Lipinski definition) is 1. The van der Waals surface area contributed by atoms with Crippen LogP contribution in [0.5, 0.6) is 0 Å². The van der Waals surface area contributed by atoms with E-state index in [4.69, 9.17) is 5.73 Å². The first-order valence-electron chi connectivity index (χ1n) is 6.48. The molecule has 2 N–H and O–H groups in total. The zero-order valence-electron chi connectivity index (χ0n) is 10.9. The first-order valence-corrected chi connectivity index (χ1v) is 6.48. The smallest absolute Gasteiger partial charge is 0.0300 e. The summed E-state index contributed by atoms with van der Waals surface area (Å²) in [6, 6.07) is 6.65. The number of rotatable bonds is 6. The molecule has 0 aromatic heterocycles. The zero-order chi connectivity index (χ0) is 12.0. The van der Waals surface area contributed by atoms with E-state index in [0.29, 0.717) is 0 Å². The molecule has 1 aromatic carbocycles. The van der Waals surface area contributed by atoms with E-state index < -0.39 is 0 Å². The third-order valence-electron chi connectivity index (χ3n) is 3.28. The molecule has 90 valence electrons. The Labute approximate surface area is 100 Å². The molecule has 0 saturated heterocycles. The van der Waals surface area contributed by atoms with Gasteiger partial charge in [-0.05, 0) is 37.0 Å². The average Bonchev–Trinajstić information content (AvgIpc) is 2.24. The maximum Gasteiger partial charge on any atom is 0.0300 e. The van der Waals surface area contributed by atoms with E-state index in [1.807, 2.05) is 0 Å². The third kappa shape index (κ3) is 3.64. The van der Waals surface area contributed by atoms with Crippen molar-refractivity contribution in [2.75, 3.05) is 0 Å². The van der Waals surface area contributed by atoms with Crippen molar-refractivity contribution < 1.29 is 0 Å². The Hall–Kier alpha value is -0.820.